The Hall–Kier alpha value is -3.25. The second-order valence-electron chi connectivity index (χ2n) is 6.60. The summed E-state index contributed by atoms with van der Waals surface area (Å²) in [6, 6.07) is 14.7. The molecular weight excluding hydrogens is 492 g/mol. The predicted octanol–water partition coefficient (Wildman–Crippen LogP) is 4.03. The summed E-state index contributed by atoms with van der Waals surface area (Å²) in [5.41, 5.74) is -0.228. The lowest BCUT2D eigenvalue weighted by molar-refractivity contribution is 0.0596. The van der Waals surface area contributed by atoms with Crippen LogP contribution in [0.1, 0.15) is 10.4 Å². The first-order valence-electron chi connectivity index (χ1n) is 9.20. The number of fused-ring (bicyclic) bond motifs is 1. The molecule has 0 aliphatic carbocycles. The number of hydrogen-bond acceptors (Lipinski definition) is 8. The highest BCUT2D eigenvalue weighted by atomic mass is 35.5. The van der Waals surface area contributed by atoms with Gasteiger partial charge in [-0.2, -0.15) is 0 Å². The van der Waals surface area contributed by atoms with Crippen molar-refractivity contribution in [3.63, 3.8) is 0 Å². The second kappa shape index (κ2) is 8.94. The van der Waals surface area contributed by atoms with E-state index in [1.165, 1.54) is 30.3 Å². The van der Waals surface area contributed by atoms with Gasteiger partial charge in [0.05, 0.1) is 39.5 Å². The number of benzene rings is 2. The van der Waals surface area contributed by atoms with Gasteiger partial charge in [-0.1, -0.05) is 41.9 Å². The Morgan fingerprint density at radius 3 is 2.55 bits per heavy atom. The van der Waals surface area contributed by atoms with Crippen LogP contribution in [0.15, 0.2) is 81.2 Å². The first-order valence-corrected chi connectivity index (χ1v) is 12.1. The van der Waals surface area contributed by atoms with Gasteiger partial charge in [0.25, 0.3) is 0 Å². The molecule has 170 valence electrons. The lowest BCUT2D eigenvalue weighted by Gasteiger charge is -2.25. The van der Waals surface area contributed by atoms with Gasteiger partial charge in [-0.3, -0.25) is 4.21 Å². The zero-order chi connectivity index (χ0) is 23.8. The summed E-state index contributed by atoms with van der Waals surface area (Å²) < 4.78 is 62.6. The van der Waals surface area contributed by atoms with Crippen molar-refractivity contribution in [3.8, 4) is 0 Å². The molecule has 4 rings (SSSR count). The highest BCUT2D eigenvalue weighted by molar-refractivity contribution is 7.91. The van der Waals surface area contributed by atoms with E-state index in [4.69, 9.17) is 16.0 Å². The smallest absolute Gasteiger partial charge is 0.339 e. The molecule has 0 amide bonds. The van der Waals surface area contributed by atoms with Gasteiger partial charge in [-0.25, -0.2) is 22.5 Å². The normalized spacial score (nSPS) is 12.5. The molecule has 0 bridgehead atoms. The topological polar surface area (TPSA) is 130 Å². The molecule has 0 N–H and O–H groups in total. The number of halogens is 1. The molecule has 33 heavy (non-hydrogen) atoms. The molecule has 2 heterocycles. The van der Waals surface area contributed by atoms with Gasteiger partial charge in [0.15, 0.2) is 5.03 Å². The highest BCUT2D eigenvalue weighted by Gasteiger charge is 2.32. The number of anilines is 2. The number of sulfone groups is 1. The Bertz CT molecular complexity index is 1470. The Labute approximate surface area is 195 Å². The van der Waals surface area contributed by atoms with Gasteiger partial charge in [0, 0.05) is 17.6 Å². The molecule has 12 heteroatoms. The maximum Gasteiger partial charge on any atom is 0.339 e. The van der Waals surface area contributed by atoms with Crippen LogP contribution in [0.2, 0.25) is 5.02 Å². The monoisotopic (exact) mass is 505 g/mol. The van der Waals surface area contributed by atoms with Crippen molar-refractivity contribution in [2.24, 2.45) is 0 Å². The fraction of sp³-hybridized carbons (Fsp3) is 0.0476. The van der Waals surface area contributed by atoms with Crippen LogP contribution in [0.4, 0.5) is 11.6 Å². The molecule has 0 saturated heterocycles. The van der Waals surface area contributed by atoms with Crippen molar-refractivity contribution in [3.05, 3.63) is 77.4 Å². The van der Waals surface area contributed by atoms with Crippen LogP contribution in [0.5, 0.6) is 0 Å². The van der Waals surface area contributed by atoms with Crippen molar-refractivity contribution in [2.45, 2.75) is 9.92 Å². The molecule has 2 aromatic carbocycles. The third-order valence-electron chi connectivity index (χ3n) is 4.62. The SMILES string of the molecule is COC(=O)c1ccccc1S(=O)(=O)c1ncc(Cl)cc1N(c1cc2ccccc2o1)S(=O)[O-]. The number of hydrogen-bond donors (Lipinski definition) is 0. The molecule has 1 atom stereocenters. The Kier molecular flexibility index (Phi) is 6.21. The largest absolute Gasteiger partial charge is 0.755 e. The summed E-state index contributed by atoms with van der Waals surface area (Å²) in [6.45, 7) is 0. The molecule has 0 aliphatic heterocycles. The number of pyridine rings is 1. The van der Waals surface area contributed by atoms with Crippen LogP contribution in [0.25, 0.3) is 11.0 Å². The summed E-state index contributed by atoms with van der Waals surface area (Å²) in [7, 11) is -3.40. The molecule has 0 radical (unpaired) electrons. The molecule has 0 spiro atoms. The fourth-order valence-corrected chi connectivity index (χ4v) is 5.46. The van der Waals surface area contributed by atoms with Gasteiger partial charge in [0.1, 0.15) is 5.58 Å². The van der Waals surface area contributed by atoms with Gasteiger partial charge < -0.3 is 13.7 Å². The lowest BCUT2D eigenvalue weighted by Crippen LogP contribution is -2.23. The summed E-state index contributed by atoms with van der Waals surface area (Å²) in [5.74, 6) is -1.06. The number of methoxy groups -OCH3 is 1. The highest BCUT2D eigenvalue weighted by Crippen LogP contribution is 2.38. The Morgan fingerprint density at radius 2 is 1.85 bits per heavy atom. The molecule has 0 saturated carbocycles. The maximum absolute atomic E-state index is 13.6. The van der Waals surface area contributed by atoms with Crippen LogP contribution in [0, 0.1) is 0 Å². The molecule has 2 aromatic heterocycles. The van der Waals surface area contributed by atoms with Crippen LogP contribution in [-0.2, 0) is 25.8 Å². The van der Waals surface area contributed by atoms with Crippen molar-refractivity contribution < 1.29 is 31.1 Å². The number of carbonyl (C=O) groups excluding carboxylic acids is 1. The van der Waals surface area contributed by atoms with E-state index in [1.54, 1.807) is 24.3 Å². The zero-order valence-electron chi connectivity index (χ0n) is 16.8. The van der Waals surface area contributed by atoms with E-state index in [0.717, 1.165) is 19.4 Å². The number of aromatic nitrogens is 1. The lowest BCUT2D eigenvalue weighted by atomic mass is 10.2. The minimum Gasteiger partial charge on any atom is -0.755 e. The summed E-state index contributed by atoms with van der Waals surface area (Å²) in [6.07, 6.45) is 1.06. The van der Waals surface area contributed by atoms with E-state index in [9.17, 15) is 22.0 Å². The predicted molar refractivity (Wildman–Crippen MR) is 120 cm³/mol. The Morgan fingerprint density at radius 1 is 1.15 bits per heavy atom. The van der Waals surface area contributed by atoms with Gasteiger partial charge in [-0.15, -0.1) is 0 Å². The average molecular weight is 506 g/mol. The third kappa shape index (κ3) is 4.23. The molecule has 9 nitrogen and oxygen atoms in total. The average Bonchev–Trinajstić information content (AvgIpc) is 3.21. The molecule has 0 fully saturated rings. The minimum atomic E-state index is -4.52. The van der Waals surface area contributed by atoms with E-state index < -0.39 is 37.0 Å². The second-order valence-corrected chi connectivity index (χ2v) is 9.67. The van der Waals surface area contributed by atoms with Gasteiger partial charge >= 0.3 is 5.97 Å². The first kappa shape index (κ1) is 22.9. The number of carbonyl (C=O) groups is 1. The number of ether oxygens (including phenoxy) is 1. The minimum absolute atomic E-state index is 0.0169. The summed E-state index contributed by atoms with van der Waals surface area (Å²) in [5, 5.41) is -0.0666. The molecule has 1 unspecified atom stereocenters. The quantitative estimate of drug-likeness (QED) is 0.283. The van der Waals surface area contributed by atoms with E-state index >= 15 is 0 Å². The standard InChI is InChI=1S/C21H15ClN2O7S2/c1-30-21(25)15-7-3-5-9-18(15)33(28,29)20-16(11-14(22)12-23-20)24(32(26)27)19-10-13-6-2-4-8-17(13)31-19/h2-12H,1H3,(H,26,27)/p-1. The van der Waals surface area contributed by atoms with E-state index in [-0.39, 0.29) is 22.2 Å². The van der Waals surface area contributed by atoms with Crippen molar-refractivity contribution in [1.29, 1.82) is 0 Å². The van der Waals surface area contributed by atoms with Crippen molar-refractivity contribution in [1.82, 2.24) is 4.98 Å². The number of rotatable bonds is 6. The van der Waals surface area contributed by atoms with Crippen LogP contribution < -0.4 is 4.31 Å². The molecule has 0 aliphatic rings. The number of para-hydroxylation sites is 1. The van der Waals surface area contributed by atoms with E-state index in [2.05, 4.69) is 9.72 Å². The number of furan rings is 1. The third-order valence-corrected chi connectivity index (χ3v) is 7.26. The van der Waals surface area contributed by atoms with E-state index in [0.29, 0.717) is 15.3 Å². The maximum atomic E-state index is 13.6. The van der Waals surface area contributed by atoms with Crippen LogP contribution >= 0.6 is 11.6 Å². The molecule has 4 aromatic rings. The van der Waals surface area contributed by atoms with E-state index in [1.807, 2.05) is 0 Å². The fourth-order valence-electron chi connectivity index (χ4n) is 3.19. The van der Waals surface area contributed by atoms with Crippen molar-refractivity contribution >= 4 is 61.2 Å². The number of nitrogens with zero attached hydrogens (tertiary/aromatic N) is 2. The van der Waals surface area contributed by atoms with Crippen LogP contribution in [0.3, 0.4) is 0 Å². The van der Waals surface area contributed by atoms with Crippen LogP contribution in [-0.4, -0.2) is 35.2 Å². The van der Waals surface area contributed by atoms with Crippen molar-refractivity contribution in [2.75, 3.05) is 11.4 Å². The zero-order valence-corrected chi connectivity index (χ0v) is 19.2. The number of esters is 1. The summed E-state index contributed by atoms with van der Waals surface area (Å²) in [4.78, 5) is 15.7. The van der Waals surface area contributed by atoms with Gasteiger partial charge in [-0.05, 0) is 24.3 Å². The molecular formula is C21H14ClN2O7S2-. The van der Waals surface area contributed by atoms with Gasteiger partial charge in [0.2, 0.25) is 15.7 Å². The summed E-state index contributed by atoms with van der Waals surface area (Å²) >= 11 is 3.02. The first-order chi connectivity index (χ1) is 15.7. The Balaban J connectivity index is 1.96.